The molecule has 2 rings (SSSR count). The topological polar surface area (TPSA) is 79.1 Å². The molecular formula is C15H16N2O3S. The fourth-order valence-electron chi connectivity index (χ4n) is 1.78. The van der Waals surface area contributed by atoms with Crippen LogP contribution in [0.15, 0.2) is 70.9 Å². The molecule has 0 spiro atoms. The van der Waals surface area contributed by atoms with Crippen LogP contribution < -0.4 is 0 Å². The SMILES string of the molecule is O=S(=O)(Cc1ccccc1)CC(O)N=Nc1ccccc1. The molecular weight excluding hydrogens is 288 g/mol. The van der Waals surface area contributed by atoms with Crippen LogP contribution >= 0.6 is 0 Å². The molecule has 0 radical (unpaired) electrons. The van der Waals surface area contributed by atoms with Crippen molar-refractivity contribution in [2.45, 2.75) is 12.0 Å². The average Bonchev–Trinajstić information content (AvgIpc) is 2.46. The average molecular weight is 304 g/mol. The summed E-state index contributed by atoms with van der Waals surface area (Å²) < 4.78 is 23.9. The van der Waals surface area contributed by atoms with Crippen molar-refractivity contribution in [2.24, 2.45) is 10.2 Å². The molecule has 0 aliphatic heterocycles. The molecule has 0 aliphatic carbocycles. The van der Waals surface area contributed by atoms with Gasteiger partial charge < -0.3 is 5.11 Å². The van der Waals surface area contributed by atoms with Gasteiger partial charge in [-0.15, -0.1) is 0 Å². The number of aliphatic hydroxyl groups excluding tert-OH is 1. The summed E-state index contributed by atoms with van der Waals surface area (Å²) in [7, 11) is -3.44. The van der Waals surface area contributed by atoms with Crippen molar-refractivity contribution in [3.63, 3.8) is 0 Å². The fourth-order valence-corrected chi connectivity index (χ4v) is 3.11. The zero-order valence-electron chi connectivity index (χ0n) is 11.3. The van der Waals surface area contributed by atoms with Gasteiger partial charge in [0.25, 0.3) is 0 Å². The van der Waals surface area contributed by atoms with Crippen LogP contribution in [0, 0.1) is 0 Å². The van der Waals surface area contributed by atoms with Crippen molar-refractivity contribution < 1.29 is 13.5 Å². The molecule has 1 unspecified atom stereocenters. The second kappa shape index (κ2) is 7.10. The van der Waals surface area contributed by atoms with E-state index in [1.807, 2.05) is 12.1 Å². The Kier molecular flexibility index (Phi) is 5.19. The van der Waals surface area contributed by atoms with E-state index in [9.17, 15) is 13.5 Å². The van der Waals surface area contributed by atoms with Crippen molar-refractivity contribution in [3.8, 4) is 0 Å². The first-order valence-corrected chi connectivity index (χ1v) is 8.26. The number of aliphatic hydroxyl groups is 1. The highest BCUT2D eigenvalue weighted by atomic mass is 32.2. The Morgan fingerprint density at radius 1 is 0.952 bits per heavy atom. The van der Waals surface area contributed by atoms with Crippen LogP contribution in [0.25, 0.3) is 0 Å². The van der Waals surface area contributed by atoms with E-state index in [1.165, 1.54) is 0 Å². The van der Waals surface area contributed by atoms with E-state index in [4.69, 9.17) is 0 Å². The minimum Gasteiger partial charge on any atom is -0.369 e. The van der Waals surface area contributed by atoms with E-state index in [-0.39, 0.29) is 5.75 Å². The van der Waals surface area contributed by atoms with Gasteiger partial charge in [-0.3, -0.25) is 0 Å². The van der Waals surface area contributed by atoms with Gasteiger partial charge >= 0.3 is 0 Å². The van der Waals surface area contributed by atoms with Crippen LogP contribution in [0.3, 0.4) is 0 Å². The van der Waals surface area contributed by atoms with Crippen LogP contribution in [-0.4, -0.2) is 25.5 Å². The van der Waals surface area contributed by atoms with Crippen molar-refractivity contribution >= 4 is 15.5 Å². The van der Waals surface area contributed by atoms with Crippen molar-refractivity contribution in [2.75, 3.05) is 5.75 Å². The lowest BCUT2D eigenvalue weighted by Gasteiger charge is -2.06. The van der Waals surface area contributed by atoms with Gasteiger partial charge in [-0.25, -0.2) is 8.42 Å². The van der Waals surface area contributed by atoms with E-state index in [0.29, 0.717) is 11.3 Å². The Morgan fingerprint density at radius 2 is 1.52 bits per heavy atom. The monoisotopic (exact) mass is 304 g/mol. The standard InChI is InChI=1S/C15H16N2O3S/c18-15(17-16-14-9-5-2-6-10-14)12-21(19,20)11-13-7-3-1-4-8-13/h1-10,15,18H,11-12H2. The number of azo groups is 1. The summed E-state index contributed by atoms with van der Waals surface area (Å²) in [5, 5.41) is 17.1. The van der Waals surface area contributed by atoms with E-state index in [1.54, 1.807) is 48.5 Å². The number of sulfone groups is 1. The molecule has 6 heteroatoms. The van der Waals surface area contributed by atoms with Crippen molar-refractivity contribution in [1.82, 2.24) is 0 Å². The lowest BCUT2D eigenvalue weighted by molar-refractivity contribution is 0.200. The smallest absolute Gasteiger partial charge is 0.180 e. The van der Waals surface area contributed by atoms with Gasteiger partial charge in [0.2, 0.25) is 0 Å². The summed E-state index contributed by atoms with van der Waals surface area (Å²) in [6, 6.07) is 17.7. The van der Waals surface area contributed by atoms with Crippen LogP contribution in [0.2, 0.25) is 0 Å². The Labute approximate surface area is 123 Å². The second-order valence-corrected chi connectivity index (χ2v) is 6.68. The first-order chi connectivity index (χ1) is 10.1. The lowest BCUT2D eigenvalue weighted by Crippen LogP contribution is -2.20. The summed E-state index contributed by atoms with van der Waals surface area (Å²) in [5.41, 5.74) is 1.25. The normalized spacial score (nSPS) is 13.4. The maximum Gasteiger partial charge on any atom is 0.180 e. The number of benzene rings is 2. The molecule has 0 fully saturated rings. The van der Waals surface area contributed by atoms with Crippen LogP contribution in [0.4, 0.5) is 5.69 Å². The number of nitrogens with zero attached hydrogens (tertiary/aromatic N) is 2. The third-order valence-corrected chi connectivity index (χ3v) is 4.27. The molecule has 5 nitrogen and oxygen atoms in total. The third-order valence-electron chi connectivity index (χ3n) is 2.70. The van der Waals surface area contributed by atoms with Gasteiger partial charge in [0.1, 0.15) is 0 Å². The molecule has 0 aromatic heterocycles. The molecule has 0 aliphatic rings. The van der Waals surface area contributed by atoms with E-state index in [2.05, 4.69) is 10.2 Å². The first-order valence-electron chi connectivity index (χ1n) is 6.43. The first kappa shape index (κ1) is 15.3. The Morgan fingerprint density at radius 3 is 2.14 bits per heavy atom. The van der Waals surface area contributed by atoms with E-state index >= 15 is 0 Å². The molecule has 0 heterocycles. The highest BCUT2D eigenvalue weighted by Crippen LogP contribution is 2.12. The number of rotatable bonds is 6. The Hall–Kier alpha value is -2.05. The maximum atomic E-state index is 12.0. The minimum atomic E-state index is -3.44. The van der Waals surface area contributed by atoms with Gasteiger partial charge in [-0.05, 0) is 17.7 Å². The van der Waals surface area contributed by atoms with Gasteiger partial charge in [0.15, 0.2) is 16.1 Å². The molecule has 21 heavy (non-hydrogen) atoms. The zero-order valence-corrected chi connectivity index (χ0v) is 12.1. The van der Waals surface area contributed by atoms with Gasteiger partial charge in [0.05, 0.1) is 17.2 Å². The summed E-state index contributed by atoms with van der Waals surface area (Å²) >= 11 is 0. The molecule has 2 aromatic carbocycles. The maximum absolute atomic E-state index is 12.0. The molecule has 0 saturated carbocycles. The van der Waals surface area contributed by atoms with Crippen LogP contribution in [0.5, 0.6) is 0 Å². The lowest BCUT2D eigenvalue weighted by atomic mass is 10.2. The second-order valence-electron chi connectivity index (χ2n) is 4.57. The van der Waals surface area contributed by atoms with E-state index < -0.39 is 21.8 Å². The quantitative estimate of drug-likeness (QED) is 0.833. The molecule has 1 N–H and O–H groups in total. The molecule has 110 valence electrons. The summed E-state index contributed by atoms with van der Waals surface area (Å²) in [4.78, 5) is 0. The number of hydrogen-bond acceptors (Lipinski definition) is 5. The van der Waals surface area contributed by atoms with Gasteiger partial charge in [-0.2, -0.15) is 10.2 Å². The predicted molar refractivity (Wildman–Crippen MR) is 80.9 cm³/mol. The predicted octanol–water partition coefficient (Wildman–Crippen LogP) is 2.70. The molecule has 0 bridgehead atoms. The number of hydrogen-bond donors (Lipinski definition) is 1. The molecule has 0 saturated heterocycles. The Balaban J connectivity index is 1.95. The van der Waals surface area contributed by atoms with E-state index in [0.717, 1.165) is 0 Å². The summed E-state index contributed by atoms with van der Waals surface area (Å²) in [5.74, 6) is -0.565. The highest BCUT2D eigenvalue weighted by Gasteiger charge is 2.17. The largest absolute Gasteiger partial charge is 0.369 e. The van der Waals surface area contributed by atoms with Crippen LogP contribution in [-0.2, 0) is 15.6 Å². The Bertz CT molecular complexity index is 685. The van der Waals surface area contributed by atoms with Crippen molar-refractivity contribution in [1.29, 1.82) is 0 Å². The van der Waals surface area contributed by atoms with Gasteiger partial charge in [0, 0.05) is 0 Å². The molecule has 2 aromatic rings. The van der Waals surface area contributed by atoms with Crippen LogP contribution in [0.1, 0.15) is 5.56 Å². The van der Waals surface area contributed by atoms with Gasteiger partial charge in [-0.1, -0.05) is 48.5 Å². The molecule has 0 amide bonds. The zero-order chi connectivity index (χ0) is 15.1. The van der Waals surface area contributed by atoms with Crippen molar-refractivity contribution in [3.05, 3.63) is 66.2 Å². The third kappa shape index (κ3) is 5.45. The summed E-state index contributed by atoms with van der Waals surface area (Å²) in [6.45, 7) is 0. The highest BCUT2D eigenvalue weighted by molar-refractivity contribution is 7.90. The minimum absolute atomic E-state index is 0.119. The summed E-state index contributed by atoms with van der Waals surface area (Å²) in [6.07, 6.45) is -1.36. The fraction of sp³-hybridized carbons (Fsp3) is 0.200. The molecule has 1 atom stereocenters.